The van der Waals surface area contributed by atoms with E-state index in [-0.39, 0.29) is 5.91 Å². The molecule has 2 aromatic carbocycles. The Hall–Kier alpha value is -2.95. The number of hydrogen-bond acceptors (Lipinski definition) is 4. The van der Waals surface area contributed by atoms with Gasteiger partial charge in [0.15, 0.2) is 11.5 Å². The summed E-state index contributed by atoms with van der Waals surface area (Å²) in [5.41, 5.74) is 2.02. The smallest absolute Gasteiger partial charge is 0.259 e. The van der Waals surface area contributed by atoms with Crippen LogP contribution in [0, 0.1) is 0 Å². The lowest BCUT2D eigenvalue weighted by Crippen LogP contribution is -2.20. The van der Waals surface area contributed by atoms with Crippen molar-refractivity contribution in [1.29, 1.82) is 0 Å². The fraction of sp³-hybridized carbons (Fsp3) is 0.211. The molecule has 0 fully saturated rings. The van der Waals surface area contributed by atoms with Crippen LogP contribution in [-0.2, 0) is 0 Å². The van der Waals surface area contributed by atoms with Crippen LogP contribution in [0.2, 0.25) is 0 Å². The summed E-state index contributed by atoms with van der Waals surface area (Å²) in [6, 6.07) is 12.5. The molecule has 1 N–H and O–H groups in total. The van der Waals surface area contributed by atoms with Crippen molar-refractivity contribution in [3.8, 4) is 17.2 Å². The van der Waals surface area contributed by atoms with E-state index in [2.05, 4.69) is 11.9 Å². The number of carbonyl (C=O) groups excluding carboxylic acids is 1. The largest absolute Gasteiger partial charge is 0.489 e. The second kappa shape index (κ2) is 7.08. The van der Waals surface area contributed by atoms with Gasteiger partial charge in [0.05, 0.1) is 5.56 Å². The van der Waals surface area contributed by atoms with E-state index in [0.717, 1.165) is 5.57 Å². The van der Waals surface area contributed by atoms with E-state index in [1.165, 1.54) is 0 Å². The lowest BCUT2D eigenvalue weighted by Gasteiger charge is -2.20. The Morgan fingerprint density at radius 3 is 2.83 bits per heavy atom. The molecule has 0 aliphatic carbocycles. The van der Waals surface area contributed by atoms with E-state index >= 15 is 0 Å². The van der Waals surface area contributed by atoms with Gasteiger partial charge in [0.1, 0.15) is 25.6 Å². The first-order chi connectivity index (χ1) is 11.6. The van der Waals surface area contributed by atoms with Crippen LogP contribution in [-0.4, -0.2) is 25.7 Å². The third-order valence-corrected chi connectivity index (χ3v) is 3.39. The van der Waals surface area contributed by atoms with Crippen LogP contribution in [0.15, 0.2) is 54.6 Å². The molecule has 0 aromatic heterocycles. The standard InChI is InChI=1S/C19H19NO4/c1-13(2)12-24-15-6-3-5-14(11-15)20-19(21)16-7-4-8-17-18(16)23-10-9-22-17/h3-8,11H,1,9-10,12H2,2H3,(H,20,21). The van der Waals surface area contributed by atoms with Crippen LogP contribution >= 0.6 is 0 Å². The van der Waals surface area contributed by atoms with Gasteiger partial charge in [0.2, 0.25) is 0 Å². The number of nitrogens with one attached hydrogen (secondary N) is 1. The quantitative estimate of drug-likeness (QED) is 0.852. The number of ether oxygens (including phenoxy) is 3. The Bertz CT molecular complexity index is 770. The van der Waals surface area contributed by atoms with Gasteiger partial charge in [-0.05, 0) is 36.8 Å². The normalized spacial score (nSPS) is 12.4. The molecule has 5 heteroatoms. The molecule has 2 aromatic rings. The van der Waals surface area contributed by atoms with E-state index in [0.29, 0.717) is 48.3 Å². The van der Waals surface area contributed by atoms with Gasteiger partial charge >= 0.3 is 0 Å². The molecule has 0 unspecified atom stereocenters. The van der Waals surface area contributed by atoms with Crippen LogP contribution < -0.4 is 19.5 Å². The van der Waals surface area contributed by atoms with E-state index in [4.69, 9.17) is 14.2 Å². The molecular weight excluding hydrogens is 306 g/mol. The number of hydrogen-bond donors (Lipinski definition) is 1. The number of carbonyl (C=O) groups is 1. The molecule has 0 atom stereocenters. The molecule has 124 valence electrons. The van der Waals surface area contributed by atoms with E-state index in [1.807, 2.05) is 19.1 Å². The molecule has 1 aliphatic rings. The maximum Gasteiger partial charge on any atom is 0.259 e. The summed E-state index contributed by atoms with van der Waals surface area (Å²) in [7, 11) is 0. The molecule has 0 bridgehead atoms. The van der Waals surface area contributed by atoms with Crippen molar-refractivity contribution >= 4 is 11.6 Å². The maximum absolute atomic E-state index is 12.6. The van der Waals surface area contributed by atoms with Gasteiger partial charge in [0.25, 0.3) is 5.91 Å². The Morgan fingerprint density at radius 2 is 2.00 bits per heavy atom. The topological polar surface area (TPSA) is 56.8 Å². The Kier molecular flexibility index (Phi) is 4.70. The summed E-state index contributed by atoms with van der Waals surface area (Å²) in [6.07, 6.45) is 0. The summed E-state index contributed by atoms with van der Waals surface area (Å²) in [6.45, 7) is 7.05. The number of rotatable bonds is 5. The monoisotopic (exact) mass is 325 g/mol. The van der Waals surface area contributed by atoms with Gasteiger partial charge < -0.3 is 19.5 Å². The minimum atomic E-state index is -0.255. The highest BCUT2D eigenvalue weighted by Gasteiger charge is 2.20. The highest BCUT2D eigenvalue weighted by atomic mass is 16.6. The van der Waals surface area contributed by atoms with Crippen molar-refractivity contribution in [1.82, 2.24) is 0 Å². The molecule has 1 aliphatic heterocycles. The molecule has 24 heavy (non-hydrogen) atoms. The highest BCUT2D eigenvalue weighted by molar-refractivity contribution is 6.06. The molecule has 1 heterocycles. The summed E-state index contributed by atoms with van der Waals surface area (Å²) in [4.78, 5) is 12.6. The predicted molar refractivity (Wildman–Crippen MR) is 92.1 cm³/mol. The third-order valence-electron chi connectivity index (χ3n) is 3.39. The van der Waals surface area contributed by atoms with Crippen molar-refractivity contribution in [3.63, 3.8) is 0 Å². The molecule has 3 rings (SSSR count). The van der Waals surface area contributed by atoms with Gasteiger partial charge in [-0.2, -0.15) is 0 Å². The first-order valence-electron chi connectivity index (χ1n) is 7.71. The molecule has 0 saturated heterocycles. The molecule has 0 radical (unpaired) electrons. The molecular formula is C19H19NO4. The number of fused-ring (bicyclic) bond motifs is 1. The first kappa shape index (κ1) is 15.9. The van der Waals surface area contributed by atoms with Crippen LogP contribution in [0.3, 0.4) is 0 Å². The average molecular weight is 325 g/mol. The highest BCUT2D eigenvalue weighted by Crippen LogP contribution is 2.34. The Balaban J connectivity index is 1.76. The second-order valence-electron chi connectivity index (χ2n) is 5.56. The van der Waals surface area contributed by atoms with Crippen molar-refractivity contribution in [2.45, 2.75) is 6.92 Å². The zero-order valence-electron chi connectivity index (χ0n) is 13.5. The lowest BCUT2D eigenvalue weighted by molar-refractivity contribution is 0.101. The van der Waals surface area contributed by atoms with Crippen LogP contribution in [0.1, 0.15) is 17.3 Å². The Morgan fingerprint density at radius 1 is 1.21 bits per heavy atom. The Labute approximate surface area is 140 Å². The molecule has 5 nitrogen and oxygen atoms in total. The van der Waals surface area contributed by atoms with E-state index in [9.17, 15) is 4.79 Å². The summed E-state index contributed by atoms with van der Waals surface area (Å²) >= 11 is 0. The summed E-state index contributed by atoms with van der Waals surface area (Å²) < 4.78 is 16.7. The van der Waals surface area contributed by atoms with Gasteiger partial charge in [-0.25, -0.2) is 0 Å². The number of amides is 1. The first-order valence-corrected chi connectivity index (χ1v) is 7.71. The molecule has 0 saturated carbocycles. The van der Waals surface area contributed by atoms with E-state index < -0.39 is 0 Å². The lowest BCUT2D eigenvalue weighted by atomic mass is 10.1. The number of benzene rings is 2. The average Bonchev–Trinajstić information content (AvgIpc) is 2.60. The van der Waals surface area contributed by atoms with Gasteiger partial charge in [-0.1, -0.05) is 18.7 Å². The van der Waals surface area contributed by atoms with Crippen molar-refractivity contribution < 1.29 is 19.0 Å². The maximum atomic E-state index is 12.6. The van der Waals surface area contributed by atoms with Crippen LogP contribution in [0.4, 0.5) is 5.69 Å². The third kappa shape index (κ3) is 3.68. The number of anilines is 1. The fourth-order valence-corrected chi connectivity index (χ4v) is 2.32. The van der Waals surface area contributed by atoms with Gasteiger partial charge in [-0.3, -0.25) is 4.79 Å². The minimum Gasteiger partial charge on any atom is -0.489 e. The van der Waals surface area contributed by atoms with Gasteiger partial charge in [0, 0.05) is 11.8 Å². The zero-order valence-corrected chi connectivity index (χ0v) is 13.5. The molecule has 0 spiro atoms. The SMILES string of the molecule is C=C(C)COc1cccc(NC(=O)c2cccc3c2OCCO3)c1. The predicted octanol–water partition coefficient (Wildman–Crippen LogP) is 3.67. The van der Waals surface area contributed by atoms with Crippen molar-refractivity contribution in [3.05, 3.63) is 60.2 Å². The second-order valence-corrected chi connectivity index (χ2v) is 5.56. The summed E-state index contributed by atoms with van der Waals surface area (Å²) in [5, 5.41) is 2.86. The van der Waals surface area contributed by atoms with E-state index in [1.54, 1.807) is 30.3 Å². The zero-order chi connectivity index (χ0) is 16.9. The van der Waals surface area contributed by atoms with Gasteiger partial charge in [-0.15, -0.1) is 0 Å². The molecule has 1 amide bonds. The summed E-state index contributed by atoms with van der Waals surface area (Å²) in [5.74, 6) is 1.49. The van der Waals surface area contributed by atoms with Crippen LogP contribution in [0.25, 0.3) is 0 Å². The minimum absolute atomic E-state index is 0.255. The van der Waals surface area contributed by atoms with Crippen molar-refractivity contribution in [2.75, 3.05) is 25.1 Å². The van der Waals surface area contributed by atoms with Crippen molar-refractivity contribution in [2.24, 2.45) is 0 Å². The fourth-order valence-electron chi connectivity index (χ4n) is 2.32. The number of para-hydroxylation sites is 1. The van der Waals surface area contributed by atoms with Crippen LogP contribution in [0.5, 0.6) is 17.2 Å².